The van der Waals surface area contributed by atoms with E-state index in [2.05, 4.69) is 9.88 Å². The maximum Gasteiger partial charge on any atom is 0.225 e. The second-order valence-corrected chi connectivity index (χ2v) is 8.76. The fourth-order valence-electron chi connectivity index (χ4n) is 3.99. The number of nitrogens with two attached hydrogens (primary N) is 1. The van der Waals surface area contributed by atoms with Crippen molar-refractivity contribution in [2.75, 3.05) is 31.9 Å². The van der Waals surface area contributed by atoms with Crippen LogP contribution in [0.5, 0.6) is 0 Å². The van der Waals surface area contributed by atoms with Crippen LogP contribution >= 0.6 is 11.3 Å². The molecule has 0 atom stereocenters. The Hall–Kier alpha value is -1.73. The lowest BCUT2D eigenvalue weighted by molar-refractivity contribution is -0.136. The molecule has 1 fully saturated rings. The minimum absolute atomic E-state index is 0.0666. The zero-order valence-corrected chi connectivity index (χ0v) is 16.4. The summed E-state index contributed by atoms with van der Waals surface area (Å²) < 4.78 is 0. The number of amides is 1. The Balaban J connectivity index is 1.48. The van der Waals surface area contributed by atoms with Gasteiger partial charge in [0.1, 0.15) is 16.5 Å². The smallest absolute Gasteiger partial charge is 0.225 e. The van der Waals surface area contributed by atoms with Crippen LogP contribution in [0.4, 0.5) is 5.82 Å². The first-order valence-corrected chi connectivity index (χ1v) is 10.4. The molecule has 6 nitrogen and oxygen atoms in total. The SMILES string of the molecule is CC(C)C(=O)N1CCN(Cc2nc(N)c3c4c(sc3n2)CCCC4)CC1. The van der Waals surface area contributed by atoms with Gasteiger partial charge in [-0.2, -0.15) is 0 Å². The van der Waals surface area contributed by atoms with E-state index in [4.69, 9.17) is 10.7 Å². The molecule has 2 aromatic rings. The topological polar surface area (TPSA) is 75.4 Å². The van der Waals surface area contributed by atoms with Gasteiger partial charge >= 0.3 is 0 Å². The Morgan fingerprint density at radius 3 is 2.62 bits per heavy atom. The highest BCUT2D eigenvalue weighted by Crippen LogP contribution is 2.37. The lowest BCUT2D eigenvalue weighted by atomic mass is 9.97. The van der Waals surface area contributed by atoms with Crippen LogP contribution in [0.3, 0.4) is 0 Å². The van der Waals surface area contributed by atoms with Gasteiger partial charge in [0.2, 0.25) is 5.91 Å². The molecule has 0 radical (unpaired) electrons. The van der Waals surface area contributed by atoms with Crippen LogP contribution in [0, 0.1) is 5.92 Å². The van der Waals surface area contributed by atoms with Gasteiger partial charge in [-0.15, -0.1) is 11.3 Å². The number of rotatable bonds is 3. The zero-order valence-electron chi connectivity index (χ0n) is 15.6. The first kappa shape index (κ1) is 17.7. The molecule has 3 heterocycles. The van der Waals surface area contributed by atoms with Crippen LogP contribution in [0.15, 0.2) is 0 Å². The van der Waals surface area contributed by atoms with E-state index >= 15 is 0 Å². The molecular weight excluding hydrogens is 346 g/mol. The average Bonchev–Trinajstić information content (AvgIpc) is 3.00. The lowest BCUT2D eigenvalue weighted by Gasteiger charge is -2.35. The zero-order chi connectivity index (χ0) is 18.3. The molecule has 1 saturated heterocycles. The van der Waals surface area contributed by atoms with Crippen molar-refractivity contribution in [3.05, 3.63) is 16.3 Å². The number of anilines is 1. The van der Waals surface area contributed by atoms with E-state index < -0.39 is 0 Å². The van der Waals surface area contributed by atoms with E-state index in [-0.39, 0.29) is 11.8 Å². The Labute approximate surface area is 158 Å². The molecule has 26 heavy (non-hydrogen) atoms. The number of thiophene rings is 1. The van der Waals surface area contributed by atoms with Gasteiger partial charge in [-0.1, -0.05) is 13.8 Å². The predicted octanol–water partition coefficient (Wildman–Crippen LogP) is 2.45. The summed E-state index contributed by atoms with van der Waals surface area (Å²) in [6.45, 7) is 7.90. The third-order valence-corrected chi connectivity index (χ3v) is 6.62. The molecule has 140 valence electrons. The lowest BCUT2D eigenvalue weighted by Crippen LogP contribution is -2.49. The molecule has 0 unspecified atom stereocenters. The standard InChI is InChI=1S/C19H27N5OS/c1-12(2)19(25)24-9-7-23(8-10-24)11-15-21-17(20)16-13-5-3-4-6-14(13)26-18(16)22-15/h12H,3-11H2,1-2H3,(H2,20,21,22). The monoisotopic (exact) mass is 373 g/mol. The van der Waals surface area contributed by atoms with Crippen molar-refractivity contribution >= 4 is 33.3 Å². The quantitative estimate of drug-likeness (QED) is 0.894. The first-order valence-electron chi connectivity index (χ1n) is 9.60. The number of carbonyl (C=O) groups is 1. The molecule has 2 aromatic heterocycles. The summed E-state index contributed by atoms with van der Waals surface area (Å²) >= 11 is 1.80. The van der Waals surface area contributed by atoms with Gasteiger partial charge in [0.05, 0.1) is 11.9 Å². The summed E-state index contributed by atoms with van der Waals surface area (Å²) in [5.74, 6) is 1.75. The molecule has 0 aromatic carbocycles. The van der Waals surface area contributed by atoms with Crippen molar-refractivity contribution in [2.45, 2.75) is 46.1 Å². The maximum atomic E-state index is 12.1. The van der Waals surface area contributed by atoms with Crippen LogP contribution in [-0.4, -0.2) is 51.9 Å². The number of carbonyl (C=O) groups excluding carboxylic acids is 1. The van der Waals surface area contributed by atoms with E-state index in [9.17, 15) is 4.79 Å². The fourth-order valence-corrected chi connectivity index (χ4v) is 5.28. The summed E-state index contributed by atoms with van der Waals surface area (Å²) in [4.78, 5) is 28.3. The number of aryl methyl sites for hydroxylation is 2. The largest absolute Gasteiger partial charge is 0.383 e. The number of aromatic nitrogens is 2. The van der Waals surface area contributed by atoms with Crippen LogP contribution in [0.1, 0.15) is 43.0 Å². The molecular formula is C19H27N5OS. The van der Waals surface area contributed by atoms with Gasteiger partial charge in [0, 0.05) is 37.0 Å². The first-order chi connectivity index (χ1) is 12.5. The Morgan fingerprint density at radius 1 is 1.15 bits per heavy atom. The van der Waals surface area contributed by atoms with Gasteiger partial charge in [0.25, 0.3) is 0 Å². The van der Waals surface area contributed by atoms with Crippen molar-refractivity contribution in [3.8, 4) is 0 Å². The van der Waals surface area contributed by atoms with Crippen LogP contribution in [-0.2, 0) is 24.2 Å². The van der Waals surface area contributed by atoms with Crippen molar-refractivity contribution in [1.29, 1.82) is 0 Å². The van der Waals surface area contributed by atoms with Crippen LogP contribution in [0.2, 0.25) is 0 Å². The molecule has 0 saturated carbocycles. The van der Waals surface area contributed by atoms with Gasteiger partial charge < -0.3 is 10.6 Å². The fraction of sp³-hybridized carbons (Fsp3) is 0.632. The molecule has 2 N–H and O–H groups in total. The summed E-state index contributed by atoms with van der Waals surface area (Å²) in [5.41, 5.74) is 7.70. The van der Waals surface area contributed by atoms with Crippen molar-refractivity contribution in [1.82, 2.24) is 19.8 Å². The maximum absolute atomic E-state index is 12.1. The Morgan fingerprint density at radius 2 is 1.88 bits per heavy atom. The van der Waals surface area contributed by atoms with E-state index in [0.29, 0.717) is 12.4 Å². The molecule has 0 spiro atoms. The number of fused-ring (bicyclic) bond motifs is 3. The summed E-state index contributed by atoms with van der Waals surface area (Å²) in [5, 5.41) is 1.10. The molecule has 0 bridgehead atoms. The number of piperazine rings is 1. The molecule has 1 amide bonds. The van der Waals surface area contributed by atoms with E-state index in [1.54, 1.807) is 11.3 Å². The van der Waals surface area contributed by atoms with E-state index in [0.717, 1.165) is 55.1 Å². The number of hydrogen-bond acceptors (Lipinski definition) is 6. The van der Waals surface area contributed by atoms with E-state index in [1.807, 2.05) is 18.7 Å². The minimum Gasteiger partial charge on any atom is -0.383 e. The van der Waals surface area contributed by atoms with Crippen LogP contribution < -0.4 is 5.73 Å². The Bertz CT molecular complexity index is 823. The second-order valence-electron chi connectivity index (χ2n) is 7.67. The van der Waals surface area contributed by atoms with Gasteiger partial charge in [-0.3, -0.25) is 9.69 Å². The average molecular weight is 374 g/mol. The molecule has 2 aliphatic rings. The Kier molecular flexibility index (Phi) is 4.84. The van der Waals surface area contributed by atoms with Gasteiger partial charge in [-0.05, 0) is 31.2 Å². The molecule has 1 aliphatic heterocycles. The van der Waals surface area contributed by atoms with Crippen LogP contribution in [0.25, 0.3) is 10.2 Å². The normalized spacial score (nSPS) is 18.5. The van der Waals surface area contributed by atoms with E-state index in [1.165, 1.54) is 23.3 Å². The second kappa shape index (κ2) is 7.12. The predicted molar refractivity (Wildman–Crippen MR) is 105 cm³/mol. The summed E-state index contributed by atoms with van der Waals surface area (Å²) in [6, 6.07) is 0. The number of nitrogen functional groups attached to an aromatic ring is 1. The molecule has 7 heteroatoms. The third-order valence-electron chi connectivity index (χ3n) is 5.43. The number of nitrogens with zero attached hydrogens (tertiary/aromatic N) is 4. The highest BCUT2D eigenvalue weighted by Gasteiger charge is 2.24. The third kappa shape index (κ3) is 3.30. The highest BCUT2D eigenvalue weighted by molar-refractivity contribution is 7.19. The summed E-state index contributed by atoms with van der Waals surface area (Å²) in [7, 11) is 0. The highest BCUT2D eigenvalue weighted by atomic mass is 32.1. The molecule has 1 aliphatic carbocycles. The van der Waals surface area contributed by atoms with Crippen molar-refractivity contribution in [3.63, 3.8) is 0 Å². The van der Waals surface area contributed by atoms with Gasteiger partial charge in [0.15, 0.2) is 0 Å². The minimum atomic E-state index is 0.0666. The van der Waals surface area contributed by atoms with Crippen molar-refractivity contribution < 1.29 is 4.79 Å². The number of hydrogen-bond donors (Lipinski definition) is 1. The molecule has 4 rings (SSSR count). The van der Waals surface area contributed by atoms with Crippen molar-refractivity contribution in [2.24, 2.45) is 5.92 Å². The van der Waals surface area contributed by atoms with Gasteiger partial charge in [-0.25, -0.2) is 9.97 Å². The summed E-state index contributed by atoms with van der Waals surface area (Å²) in [6.07, 6.45) is 4.75.